The first-order chi connectivity index (χ1) is 23.3. The van der Waals surface area contributed by atoms with Gasteiger partial charge in [0.05, 0.1) is 18.8 Å². The zero-order valence-electron chi connectivity index (χ0n) is 29.8. The third kappa shape index (κ3) is 8.09. The Morgan fingerprint density at radius 2 is 1.67 bits per heavy atom. The van der Waals surface area contributed by atoms with E-state index in [0.717, 1.165) is 46.5 Å². The van der Waals surface area contributed by atoms with Crippen molar-refractivity contribution >= 4 is 11.9 Å². The minimum Gasteiger partial charge on any atom is -0.453 e. The van der Waals surface area contributed by atoms with E-state index in [2.05, 4.69) is 74.3 Å². The highest BCUT2D eigenvalue weighted by molar-refractivity contribution is 5.83. The van der Waals surface area contributed by atoms with Gasteiger partial charge in [0.2, 0.25) is 0 Å². The summed E-state index contributed by atoms with van der Waals surface area (Å²) in [6.07, 6.45) is 2.14. The summed E-state index contributed by atoms with van der Waals surface area (Å²) in [5.74, 6) is -0.702. The average Bonchev–Trinajstić information content (AvgIpc) is 3.31. The molecule has 2 bridgehead atoms. The number of hydrogen-bond donors (Lipinski definition) is 2. The van der Waals surface area contributed by atoms with E-state index in [9.17, 15) is 14.7 Å². The van der Waals surface area contributed by atoms with Crippen molar-refractivity contribution in [3.05, 3.63) is 95.1 Å². The van der Waals surface area contributed by atoms with Gasteiger partial charge in [0.15, 0.2) is 12.4 Å². The van der Waals surface area contributed by atoms with Crippen LogP contribution in [0.25, 0.3) is 11.1 Å². The average molecular weight is 669 g/mol. The van der Waals surface area contributed by atoms with Gasteiger partial charge < -0.3 is 24.6 Å². The van der Waals surface area contributed by atoms with Gasteiger partial charge in [-0.15, -0.1) is 0 Å². The van der Waals surface area contributed by atoms with Gasteiger partial charge in [0.1, 0.15) is 0 Å². The quantitative estimate of drug-likeness (QED) is 0.223. The Bertz CT molecular complexity index is 1620. The van der Waals surface area contributed by atoms with E-state index in [1.807, 2.05) is 36.4 Å². The van der Waals surface area contributed by atoms with Crippen LogP contribution in [0.15, 0.2) is 72.8 Å². The topological polar surface area (TPSA) is 97.3 Å². The molecule has 0 radical (unpaired) electrons. The van der Waals surface area contributed by atoms with Gasteiger partial charge in [-0.1, -0.05) is 100 Å². The second-order valence-corrected chi connectivity index (χ2v) is 15.7. The Hall–Kier alpha value is -3.56. The second kappa shape index (κ2) is 14.4. The molecule has 0 spiro atoms. The third-order valence-corrected chi connectivity index (χ3v) is 10.7. The number of nitrogens with zero attached hydrogens (tertiary/aromatic N) is 1. The molecule has 2 heterocycles. The number of aliphatic hydroxyl groups is 1. The summed E-state index contributed by atoms with van der Waals surface area (Å²) in [5, 5.41) is 12.5. The number of carbonyl (C=O) groups is 2. The fourth-order valence-corrected chi connectivity index (χ4v) is 8.75. The molecule has 3 fully saturated rings. The van der Waals surface area contributed by atoms with Crippen LogP contribution in [0.1, 0.15) is 95.5 Å². The van der Waals surface area contributed by atoms with Crippen LogP contribution < -0.4 is 5.32 Å². The third-order valence-electron chi connectivity index (χ3n) is 10.7. The summed E-state index contributed by atoms with van der Waals surface area (Å²) in [7, 11) is 0. The van der Waals surface area contributed by atoms with Crippen LogP contribution in [-0.4, -0.2) is 53.2 Å². The number of likely N-dealkylation sites (tertiary alicyclic amines) is 1. The molecule has 8 heteroatoms. The number of esters is 1. The first kappa shape index (κ1) is 35.3. The molecule has 2 N–H and O–H groups in total. The summed E-state index contributed by atoms with van der Waals surface area (Å²) in [5.41, 5.74) is 6.59. The highest BCUT2D eigenvalue weighted by atomic mass is 16.7. The molecule has 3 aromatic carbocycles. The molecular formula is C41H52N2O6. The molecule has 1 amide bonds. The van der Waals surface area contributed by atoms with E-state index in [0.29, 0.717) is 23.4 Å². The number of rotatable bonds is 10. The van der Waals surface area contributed by atoms with E-state index in [4.69, 9.17) is 14.2 Å². The lowest BCUT2D eigenvalue weighted by Gasteiger charge is -2.43. The SMILES string of the molecule is CC(=O)O[C@@H](C)C(=O)NCc1ccccc1-c1ccc([C@@H]2O[C@H](CN3CC4(C)CC3CC(C)(C)C4)[C@H](C)[C@H](c3ccc(CO)cc3)O2)cc1. The number of amides is 1. The predicted octanol–water partition coefficient (Wildman–Crippen LogP) is 7.11. The molecule has 1 saturated carbocycles. The van der Waals surface area contributed by atoms with Crippen LogP contribution in [0.3, 0.4) is 0 Å². The van der Waals surface area contributed by atoms with Crippen LogP contribution in [0.2, 0.25) is 0 Å². The minimum atomic E-state index is -0.859. The van der Waals surface area contributed by atoms with Gasteiger partial charge in [0, 0.05) is 44.1 Å². The summed E-state index contributed by atoms with van der Waals surface area (Å²) in [6.45, 7) is 14.7. The highest BCUT2D eigenvalue weighted by Gasteiger charge is 2.51. The molecule has 262 valence electrons. The fraction of sp³-hybridized carbons (Fsp3) is 0.512. The maximum Gasteiger partial charge on any atom is 0.303 e. The maximum absolute atomic E-state index is 12.5. The predicted molar refractivity (Wildman–Crippen MR) is 189 cm³/mol. The van der Waals surface area contributed by atoms with Gasteiger partial charge in [-0.05, 0) is 64.8 Å². The van der Waals surface area contributed by atoms with E-state index in [1.54, 1.807) is 6.92 Å². The zero-order chi connectivity index (χ0) is 34.9. The summed E-state index contributed by atoms with van der Waals surface area (Å²) >= 11 is 0. The Kier molecular flexibility index (Phi) is 10.3. The number of fused-ring (bicyclic) bond motifs is 2. The van der Waals surface area contributed by atoms with E-state index >= 15 is 0 Å². The maximum atomic E-state index is 12.5. The molecule has 2 saturated heterocycles. The fourth-order valence-electron chi connectivity index (χ4n) is 8.75. The van der Waals surface area contributed by atoms with Crippen LogP contribution in [0.5, 0.6) is 0 Å². The number of ether oxygens (including phenoxy) is 3. The number of hydrogen-bond acceptors (Lipinski definition) is 7. The summed E-state index contributed by atoms with van der Waals surface area (Å²) < 4.78 is 18.7. The summed E-state index contributed by atoms with van der Waals surface area (Å²) in [6, 6.07) is 24.9. The molecular weight excluding hydrogens is 616 g/mol. The second-order valence-electron chi connectivity index (χ2n) is 15.7. The van der Waals surface area contributed by atoms with Crippen molar-refractivity contribution in [3.8, 4) is 11.1 Å². The van der Waals surface area contributed by atoms with Crippen LogP contribution >= 0.6 is 0 Å². The lowest BCUT2D eigenvalue weighted by atomic mass is 9.65. The van der Waals surface area contributed by atoms with E-state index < -0.39 is 18.4 Å². The van der Waals surface area contributed by atoms with Crippen molar-refractivity contribution in [1.29, 1.82) is 0 Å². The Morgan fingerprint density at radius 1 is 0.980 bits per heavy atom. The molecule has 3 aliphatic rings. The van der Waals surface area contributed by atoms with Gasteiger partial charge in [-0.2, -0.15) is 0 Å². The molecule has 6 rings (SSSR count). The monoisotopic (exact) mass is 668 g/mol. The van der Waals surface area contributed by atoms with Crippen molar-refractivity contribution in [2.45, 2.75) is 105 Å². The van der Waals surface area contributed by atoms with Crippen molar-refractivity contribution < 1.29 is 28.9 Å². The molecule has 3 aromatic rings. The van der Waals surface area contributed by atoms with Crippen LogP contribution in [0.4, 0.5) is 0 Å². The zero-order valence-corrected chi connectivity index (χ0v) is 29.8. The van der Waals surface area contributed by atoms with Gasteiger partial charge >= 0.3 is 5.97 Å². The lowest BCUT2D eigenvalue weighted by Crippen LogP contribution is -2.46. The standard InChI is InChI=1S/C41H52N2O6/c1-26-36(22-43-25-41(6)20-34(43)19-40(4,5)24-41)48-39(49-37(26)31-13-11-29(23-44)12-14-31)32-17-15-30(16-18-32)35-10-8-7-9-33(35)21-42-38(46)27(2)47-28(3)45/h7-18,26-27,34,36-37,39,44H,19-25H2,1-6H3,(H,42,46)/t26-,27-,34?,36+,37+,39+,41?/m0/s1. The first-order valence-electron chi connectivity index (χ1n) is 17.7. The lowest BCUT2D eigenvalue weighted by molar-refractivity contribution is -0.276. The van der Waals surface area contributed by atoms with Gasteiger partial charge in [0.25, 0.3) is 5.91 Å². The van der Waals surface area contributed by atoms with Gasteiger partial charge in [-0.3, -0.25) is 14.5 Å². The molecule has 2 unspecified atom stereocenters. The van der Waals surface area contributed by atoms with Crippen LogP contribution in [-0.2, 0) is 37.0 Å². The van der Waals surface area contributed by atoms with Crippen LogP contribution in [0, 0.1) is 16.7 Å². The highest BCUT2D eigenvalue weighted by Crippen LogP contribution is 2.53. The number of aliphatic hydroxyl groups excluding tert-OH is 1. The normalized spacial score (nSPS) is 28.5. The smallest absolute Gasteiger partial charge is 0.303 e. The summed E-state index contributed by atoms with van der Waals surface area (Å²) in [4.78, 5) is 26.5. The van der Waals surface area contributed by atoms with Gasteiger partial charge in [-0.25, -0.2) is 0 Å². The van der Waals surface area contributed by atoms with Crippen molar-refractivity contribution in [2.24, 2.45) is 16.7 Å². The number of nitrogens with one attached hydrogen (secondary N) is 1. The van der Waals surface area contributed by atoms with Crippen molar-refractivity contribution in [2.75, 3.05) is 13.1 Å². The number of carbonyl (C=O) groups excluding carboxylic acids is 2. The molecule has 8 nitrogen and oxygen atoms in total. The van der Waals surface area contributed by atoms with E-state index in [-0.39, 0.29) is 30.6 Å². The Labute approximate surface area is 291 Å². The molecule has 2 aliphatic heterocycles. The largest absolute Gasteiger partial charge is 0.453 e. The number of benzene rings is 3. The van der Waals surface area contributed by atoms with E-state index in [1.165, 1.54) is 26.2 Å². The van der Waals surface area contributed by atoms with Crippen molar-refractivity contribution in [1.82, 2.24) is 10.2 Å². The molecule has 7 atom stereocenters. The van der Waals surface area contributed by atoms with Crippen molar-refractivity contribution in [3.63, 3.8) is 0 Å². The first-order valence-corrected chi connectivity index (χ1v) is 17.7. The minimum absolute atomic E-state index is 0.0104. The molecule has 49 heavy (non-hydrogen) atoms. The molecule has 1 aliphatic carbocycles. The Morgan fingerprint density at radius 3 is 2.37 bits per heavy atom. The Balaban J connectivity index is 1.22. The molecule has 0 aromatic heterocycles.